The van der Waals surface area contributed by atoms with Gasteiger partial charge in [0.25, 0.3) is 5.56 Å². The van der Waals surface area contributed by atoms with Crippen LogP contribution in [0.5, 0.6) is 17.2 Å². The quantitative estimate of drug-likeness (QED) is 0.145. The molecule has 0 N–H and O–H groups in total. The molecule has 0 fully saturated rings. The minimum absolute atomic E-state index is 0.181. The summed E-state index contributed by atoms with van der Waals surface area (Å²) in [4.78, 5) is 30.7. The van der Waals surface area contributed by atoms with Crippen molar-refractivity contribution in [2.75, 3.05) is 20.8 Å². The van der Waals surface area contributed by atoms with E-state index in [1.807, 2.05) is 31.2 Å². The number of hydrogen-bond donors (Lipinski definition) is 0. The fourth-order valence-corrected chi connectivity index (χ4v) is 5.06. The monoisotopic (exact) mass is 635 g/mol. The molecule has 3 aromatic carbocycles. The molecule has 0 amide bonds. The van der Waals surface area contributed by atoms with Gasteiger partial charge in [0.1, 0.15) is 5.75 Å². The zero-order valence-electron chi connectivity index (χ0n) is 24.7. The van der Waals surface area contributed by atoms with Crippen molar-refractivity contribution in [1.29, 1.82) is 0 Å². The highest BCUT2D eigenvalue weighted by molar-refractivity contribution is 9.10. The van der Waals surface area contributed by atoms with Crippen molar-refractivity contribution in [3.8, 4) is 28.6 Å². The number of aromatic nitrogens is 2. The van der Waals surface area contributed by atoms with Gasteiger partial charge in [-0.1, -0.05) is 26.0 Å². The Labute approximate surface area is 253 Å². The van der Waals surface area contributed by atoms with E-state index in [0.717, 1.165) is 22.4 Å². The molecule has 1 aromatic heterocycles. The molecule has 0 aliphatic carbocycles. The third-order valence-corrected chi connectivity index (χ3v) is 7.27. The minimum atomic E-state index is -0.844. The molecule has 0 aliphatic rings. The maximum atomic E-state index is 13.8. The molecule has 1 heterocycles. The van der Waals surface area contributed by atoms with Crippen LogP contribution in [0.25, 0.3) is 22.3 Å². The van der Waals surface area contributed by atoms with E-state index in [9.17, 15) is 9.59 Å². The number of methoxy groups -OCH3 is 2. The van der Waals surface area contributed by atoms with Crippen molar-refractivity contribution in [3.05, 3.63) is 80.0 Å². The molecular weight excluding hydrogens is 602 g/mol. The highest BCUT2D eigenvalue weighted by Gasteiger charge is 2.21. The molecule has 0 unspecified atom stereocenters. The molecule has 1 atom stereocenters. The lowest BCUT2D eigenvalue weighted by molar-refractivity contribution is -0.150. The molecular formula is C32H34BrN3O6. The number of rotatable bonds is 10. The zero-order valence-corrected chi connectivity index (χ0v) is 26.3. The highest BCUT2D eigenvalue weighted by Crippen LogP contribution is 2.37. The van der Waals surface area contributed by atoms with Gasteiger partial charge < -0.3 is 18.9 Å². The second-order valence-corrected chi connectivity index (χ2v) is 10.8. The van der Waals surface area contributed by atoms with E-state index >= 15 is 0 Å². The average Bonchev–Trinajstić information content (AvgIpc) is 2.97. The Balaban J connectivity index is 1.85. The van der Waals surface area contributed by atoms with Crippen LogP contribution in [0.4, 0.5) is 0 Å². The summed E-state index contributed by atoms with van der Waals surface area (Å²) in [5.41, 5.74) is 3.56. The van der Waals surface area contributed by atoms with Crippen LogP contribution in [0, 0.1) is 6.92 Å². The van der Waals surface area contributed by atoms with Gasteiger partial charge in [0.05, 0.1) is 42.4 Å². The second kappa shape index (κ2) is 13.2. The summed E-state index contributed by atoms with van der Waals surface area (Å²) < 4.78 is 23.9. The first kappa shape index (κ1) is 30.8. The molecule has 0 saturated heterocycles. The number of carbonyl (C=O) groups is 1. The minimum Gasteiger partial charge on any atom is -0.496 e. The number of carbonyl (C=O) groups excluding carboxylic acids is 1. The molecule has 220 valence electrons. The van der Waals surface area contributed by atoms with E-state index in [0.29, 0.717) is 38.3 Å². The van der Waals surface area contributed by atoms with Gasteiger partial charge in [-0.25, -0.2) is 9.78 Å². The zero-order chi connectivity index (χ0) is 30.6. The number of ether oxygens (including phenoxy) is 4. The van der Waals surface area contributed by atoms with Crippen LogP contribution in [-0.2, 0) is 9.53 Å². The fourth-order valence-electron chi connectivity index (χ4n) is 4.51. The number of hydrogen-bond acceptors (Lipinski definition) is 8. The predicted molar refractivity (Wildman–Crippen MR) is 167 cm³/mol. The van der Waals surface area contributed by atoms with Crippen LogP contribution in [0.3, 0.4) is 0 Å². The Kier molecular flexibility index (Phi) is 9.67. The van der Waals surface area contributed by atoms with E-state index in [-0.39, 0.29) is 18.1 Å². The van der Waals surface area contributed by atoms with E-state index in [2.05, 4.69) is 34.9 Å². The summed E-state index contributed by atoms with van der Waals surface area (Å²) in [6.07, 6.45) is 0.706. The SMILES string of the molecule is CCOC(=O)[C@H](C)Oc1c(Br)cc(C=Nn2c(-c3cc(C(C)C)c(OC)cc3C)nc3ccccc3c2=O)cc1OC. The third kappa shape index (κ3) is 6.33. The molecule has 0 bridgehead atoms. The summed E-state index contributed by atoms with van der Waals surface area (Å²) in [6.45, 7) is 9.71. The van der Waals surface area contributed by atoms with Crippen LogP contribution >= 0.6 is 15.9 Å². The van der Waals surface area contributed by atoms with Crippen molar-refractivity contribution in [3.63, 3.8) is 0 Å². The molecule has 42 heavy (non-hydrogen) atoms. The van der Waals surface area contributed by atoms with Crippen molar-refractivity contribution in [1.82, 2.24) is 9.66 Å². The molecule has 9 nitrogen and oxygen atoms in total. The Bertz CT molecular complexity index is 1710. The van der Waals surface area contributed by atoms with Crippen molar-refractivity contribution in [2.45, 2.75) is 46.6 Å². The lowest BCUT2D eigenvalue weighted by atomic mass is 9.96. The van der Waals surface area contributed by atoms with Crippen molar-refractivity contribution in [2.24, 2.45) is 5.10 Å². The van der Waals surface area contributed by atoms with Crippen molar-refractivity contribution >= 4 is 39.0 Å². The van der Waals surface area contributed by atoms with Gasteiger partial charge in [0.15, 0.2) is 23.4 Å². The molecule has 4 aromatic rings. The molecule has 0 aliphatic heterocycles. The van der Waals surface area contributed by atoms with Crippen LogP contribution in [-0.4, -0.2) is 48.8 Å². The topological polar surface area (TPSA) is 101 Å². The summed E-state index contributed by atoms with van der Waals surface area (Å²) in [6, 6.07) is 14.6. The van der Waals surface area contributed by atoms with Crippen LogP contribution < -0.4 is 19.8 Å². The summed E-state index contributed by atoms with van der Waals surface area (Å²) >= 11 is 3.51. The van der Waals surface area contributed by atoms with Gasteiger partial charge in [-0.3, -0.25) is 4.79 Å². The fraction of sp³-hybridized carbons (Fsp3) is 0.312. The normalized spacial score (nSPS) is 12.1. The standard InChI is InChI=1S/C32H34BrN3O6/c1-8-41-32(38)20(5)42-29-25(33)14-21(15-28(29)40-7)17-34-36-30(35-26-12-10-9-11-22(26)31(36)37)24-16-23(18(2)3)27(39-6)13-19(24)4/h9-18,20H,8H2,1-7H3/t20-/m0/s1. The van der Waals surface area contributed by atoms with Crippen LogP contribution in [0.1, 0.15) is 50.3 Å². The summed E-state index contributed by atoms with van der Waals surface area (Å²) in [5.74, 6) is 1.60. The largest absolute Gasteiger partial charge is 0.496 e. The predicted octanol–water partition coefficient (Wildman–Crippen LogP) is 6.49. The summed E-state index contributed by atoms with van der Waals surface area (Å²) in [7, 11) is 3.15. The number of halogens is 1. The third-order valence-electron chi connectivity index (χ3n) is 6.68. The van der Waals surface area contributed by atoms with E-state index < -0.39 is 12.1 Å². The lowest BCUT2D eigenvalue weighted by Crippen LogP contribution is -2.26. The first-order valence-electron chi connectivity index (χ1n) is 13.5. The second-order valence-electron chi connectivity index (χ2n) is 9.92. The Hall–Kier alpha value is -4.18. The summed E-state index contributed by atoms with van der Waals surface area (Å²) in [5, 5.41) is 5.06. The number of esters is 1. The van der Waals surface area contributed by atoms with E-state index in [1.165, 1.54) is 11.8 Å². The number of benzene rings is 3. The number of nitrogens with zero attached hydrogens (tertiary/aromatic N) is 3. The molecule has 4 rings (SSSR count). The van der Waals surface area contributed by atoms with Crippen LogP contribution in [0.15, 0.2) is 62.9 Å². The molecule has 10 heteroatoms. The van der Waals surface area contributed by atoms with Crippen LogP contribution in [0.2, 0.25) is 0 Å². The maximum Gasteiger partial charge on any atom is 0.347 e. The van der Waals surface area contributed by atoms with Crippen molar-refractivity contribution < 1.29 is 23.7 Å². The Morgan fingerprint density at radius 1 is 1.07 bits per heavy atom. The van der Waals surface area contributed by atoms with Gasteiger partial charge >= 0.3 is 5.97 Å². The van der Waals surface area contributed by atoms with Gasteiger partial charge in [-0.05, 0) is 95.7 Å². The van der Waals surface area contributed by atoms with E-state index in [1.54, 1.807) is 51.4 Å². The van der Waals surface area contributed by atoms with Gasteiger partial charge in [0.2, 0.25) is 0 Å². The maximum absolute atomic E-state index is 13.8. The highest BCUT2D eigenvalue weighted by atomic mass is 79.9. The first-order valence-corrected chi connectivity index (χ1v) is 14.3. The first-order chi connectivity index (χ1) is 20.1. The van der Waals surface area contributed by atoms with E-state index in [4.69, 9.17) is 23.9 Å². The average molecular weight is 637 g/mol. The molecule has 0 spiro atoms. The smallest absolute Gasteiger partial charge is 0.347 e. The lowest BCUT2D eigenvalue weighted by Gasteiger charge is -2.18. The number of para-hydroxylation sites is 1. The van der Waals surface area contributed by atoms with Gasteiger partial charge in [-0.15, -0.1) is 0 Å². The Morgan fingerprint density at radius 2 is 1.79 bits per heavy atom. The van der Waals surface area contributed by atoms with Gasteiger partial charge in [-0.2, -0.15) is 9.78 Å². The molecule has 0 saturated carbocycles. The molecule has 0 radical (unpaired) electrons. The number of aryl methyl sites for hydroxylation is 1. The number of fused-ring (bicyclic) bond motifs is 1. The van der Waals surface area contributed by atoms with Gasteiger partial charge in [0, 0.05) is 5.56 Å². The Morgan fingerprint density at radius 3 is 2.45 bits per heavy atom.